The van der Waals surface area contributed by atoms with Crippen LogP contribution < -0.4 is 5.56 Å². The normalized spacial score (nSPS) is 26.4. The van der Waals surface area contributed by atoms with Crippen LogP contribution in [0.3, 0.4) is 0 Å². The second kappa shape index (κ2) is 5.09. The first-order valence-electron chi connectivity index (χ1n) is 7.21. The lowest BCUT2D eigenvalue weighted by molar-refractivity contribution is -0.134. The smallest absolute Gasteiger partial charge is 0.267 e. The Morgan fingerprint density at radius 3 is 2.90 bits per heavy atom. The monoisotopic (exact) mass is 279 g/mol. The van der Waals surface area contributed by atoms with Crippen LogP contribution in [0.2, 0.25) is 0 Å². The van der Waals surface area contributed by atoms with E-state index >= 15 is 0 Å². The Hall–Kier alpha value is -1.56. The third kappa shape index (κ3) is 2.40. The molecular formula is C14H21N3O3. The van der Waals surface area contributed by atoms with Gasteiger partial charge in [0.1, 0.15) is 0 Å². The van der Waals surface area contributed by atoms with E-state index in [1.54, 1.807) is 0 Å². The fourth-order valence-corrected chi connectivity index (χ4v) is 3.34. The lowest BCUT2D eigenvalue weighted by atomic mass is 9.79. The first kappa shape index (κ1) is 13.4. The third-order valence-corrected chi connectivity index (χ3v) is 4.62. The summed E-state index contributed by atoms with van der Waals surface area (Å²) in [6.07, 6.45) is 3.39. The summed E-state index contributed by atoms with van der Waals surface area (Å²) in [5.41, 5.74) is 1.27. The first-order chi connectivity index (χ1) is 9.60. The van der Waals surface area contributed by atoms with Crippen molar-refractivity contribution in [1.82, 2.24) is 15.1 Å². The SMILES string of the molecule is Cc1[nH][nH]c(=O)c1CC(=O)N1CCCC2(CCOC2)C1. The zero-order chi connectivity index (χ0) is 14.2. The van der Waals surface area contributed by atoms with Gasteiger partial charge in [-0.15, -0.1) is 0 Å². The van der Waals surface area contributed by atoms with Crippen molar-refractivity contribution in [3.05, 3.63) is 21.6 Å². The van der Waals surface area contributed by atoms with Crippen LogP contribution in [-0.2, 0) is 16.0 Å². The highest BCUT2D eigenvalue weighted by Crippen LogP contribution is 2.37. The van der Waals surface area contributed by atoms with Crippen molar-refractivity contribution in [2.75, 3.05) is 26.3 Å². The van der Waals surface area contributed by atoms with Crippen LogP contribution in [0.5, 0.6) is 0 Å². The fraction of sp³-hybridized carbons (Fsp3) is 0.714. The molecule has 20 heavy (non-hydrogen) atoms. The van der Waals surface area contributed by atoms with Crippen molar-refractivity contribution in [3.8, 4) is 0 Å². The summed E-state index contributed by atoms with van der Waals surface area (Å²) in [5.74, 6) is 0.0455. The maximum absolute atomic E-state index is 12.4. The minimum Gasteiger partial charge on any atom is -0.381 e. The Bertz CT molecular complexity index is 554. The van der Waals surface area contributed by atoms with Gasteiger partial charge >= 0.3 is 0 Å². The predicted molar refractivity (Wildman–Crippen MR) is 73.5 cm³/mol. The van der Waals surface area contributed by atoms with E-state index in [1.165, 1.54) is 0 Å². The van der Waals surface area contributed by atoms with Gasteiger partial charge in [-0.25, -0.2) is 0 Å². The lowest BCUT2D eigenvalue weighted by Gasteiger charge is -2.39. The van der Waals surface area contributed by atoms with Crippen LogP contribution in [0.15, 0.2) is 4.79 Å². The van der Waals surface area contributed by atoms with Gasteiger partial charge in [-0.3, -0.25) is 14.7 Å². The number of nitrogens with zero attached hydrogens (tertiary/aromatic N) is 1. The number of carbonyl (C=O) groups excluding carboxylic acids is 1. The maximum atomic E-state index is 12.4. The topological polar surface area (TPSA) is 78.2 Å². The average molecular weight is 279 g/mol. The van der Waals surface area contributed by atoms with Crippen LogP contribution in [0.25, 0.3) is 0 Å². The summed E-state index contributed by atoms with van der Waals surface area (Å²) in [4.78, 5) is 26.0. The standard InChI is InChI=1S/C14H21N3O3/c1-10-11(13(19)16-15-10)7-12(18)17-5-2-3-14(8-17)4-6-20-9-14/h2-9H2,1H3,(H2,15,16,19). The number of hydrogen-bond acceptors (Lipinski definition) is 3. The predicted octanol–water partition coefficient (Wildman–Crippen LogP) is 0.583. The molecule has 2 fully saturated rings. The average Bonchev–Trinajstić information content (AvgIpc) is 3.01. The Labute approximate surface area is 117 Å². The molecule has 3 heterocycles. The van der Waals surface area contributed by atoms with Crippen molar-refractivity contribution >= 4 is 5.91 Å². The second-order valence-electron chi connectivity index (χ2n) is 6.08. The van der Waals surface area contributed by atoms with E-state index in [0.29, 0.717) is 5.56 Å². The molecule has 2 aliphatic heterocycles. The molecular weight excluding hydrogens is 258 g/mol. The van der Waals surface area contributed by atoms with Crippen molar-refractivity contribution in [2.24, 2.45) is 5.41 Å². The molecule has 1 amide bonds. The largest absolute Gasteiger partial charge is 0.381 e. The van der Waals surface area contributed by atoms with Crippen molar-refractivity contribution in [1.29, 1.82) is 0 Å². The zero-order valence-electron chi connectivity index (χ0n) is 11.8. The number of ether oxygens (including phenoxy) is 1. The van der Waals surface area contributed by atoms with Gasteiger partial charge in [-0.2, -0.15) is 0 Å². The molecule has 110 valence electrons. The van der Waals surface area contributed by atoms with Gasteiger partial charge in [0.15, 0.2) is 0 Å². The number of likely N-dealkylation sites (tertiary alicyclic amines) is 1. The molecule has 2 N–H and O–H groups in total. The first-order valence-corrected chi connectivity index (χ1v) is 7.21. The number of nitrogens with one attached hydrogen (secondary N) is 2. The van der Waals surface area contributed by atoms with E-state index in [0.717, 1.165) is 51.3 Å². The van der Waals surface area contributed by atoms with Gasteiger partial charge in [0.05, 0.1) is 13.0 Å². The Balaban J connectivity index is 1.69. The molecule has 3 rings (SSSR count). The molecule has 1 aromatic heterocycles. The Morgan fingerprint density at radius 1 is 1.40 bits per heavy atom. The van der Waals surface area contributed by atoms with Gasteiger partial charge in [-0.1, -0.05) is 0 Å². The summed E-state index contributed by atoms with van der Waals surface area (Å²) in [5, 5.41) is 5.29. The van der Waals surface area contributed by atoms with Crippen LogP contribution in [0, 0.1) is 12.3 Å². The van der Waals surface area contributed by atoms with E-state index in [1.807, 2.05) is 11.8 Å². The van der Waals surface area contributed by atoms with Crippen LogP contribution >= 0.6 is 0 Å². The van der Waals surface area contributed by atoms with E-state index in [-0.39, 0.29) is 23.3 Å². The highest BCUT2D eigenvalue weighted by atomic mass is 16.5. The lowest BCUT2D eigenvalue weighted by Crippen LogP contribution is -2.47. The number of amides is 1. The maximum Gasteiger partial charge on any atom is 0.267 e. The highest BCUT2D eigenvalue weighted by Gasteiger charge is 2.40. The Kier molecular flexibility index (Phi) is 3.41. The van der Waals surface area contributed by atoms with Crippen LogP contribution in [0.4, 0.5) is 0 Å². The van der Waals surface area contributed by atoms with E-state index in [9.17, 15) is 9.59 Å². The highest BCUT2D eigenvalue weighted by molar-refractivity contribution is 5.79. The number of aromatic amines is 2. The van der Waals surface area contributed by atoms with Gasteiger partial charge in [0, 0.05) is 36.4 Å². The Morgan fingerprint density at radius 2 is 2.25 bits per heavy atom. The second-order valence-corrected chi connectivity index (χ2v) is 6.08. The molecule has 0 aliphatic carbocycles. The minimum absolute atomic E-state index is 0.0455. The summed E-state index contributed by atoms with van der Waals surface area (Å²) < 4.78 is 5.51. The molecule has 0 aromatic carbocycles. The molecule has 2 aliphatic rings. The van der Waals surface area contributed by atoms with E-state index in [4.69, 9.17) is 4.74 Å². The minimum atomic E-state index is -0.188. The van der Waals surface area contributed by atoms with Crippen molar-refractivity contribution < 1.29 is 9.53 Å². The summed E-state index contributed by atoms with van der Waals surface area (Å²) >= 11 is 0. The molecule has 2 saturated heterocycles. The summed E-state index contributed by atoms with van der Waals surface area (Å²) in [7, 11) is 0. The summed E-state index contributed by atoms with van der Waals surface area (Å²) in [6, 6.07) is 0. The zero-order valence-corrected chi connectivity index (χ0v) is 11.8. The molecule has 1 atom stereocenters. The van der Waals surface area contributed by atoms with Gasteiger partial charge < -0.3 is 14.7 Å². The van der Waals surface area contributed by atoms with E-state index < -0.39 is 0 Å². The van der Waals surface area contributed by atoms with Crippen LogP contribution in [-0.4, -0.2) is 47.3 Å². The molecule has 0 bridgehead atoms. The molecule has 1 spiro atoms. The molecule has 6 heteroatoms. The number of carbonyl (C=O) groups is 1. The number of piperidine rings is 1. The molecule has 1 aromatic rings. The number of aromatic nitrogens is 2. The fourth-order valence-electron chi connectivity index (χ4n) is 3.34. The van der Waals surface area contributed by atoms with Gasteiger partial charge in [0.2, 0.25) is 5.91 Å². The van der Waals surface area contributed by atoms with Crippen molar-refractivity contribution in [2.45, 2.75) is 32.6 Å². The molecule has 0 radical (unpaired) electrons. The van der Waals surface area contributed by atoms with E-state index in [2.05, 4.69) is 10.2 Å². The number of hydrogen-bond donors (Lipinski definition) is 2. The van der Waals surface area contributed by atoms with Gasteiger partial charge in [-0.05, 0) is 26.2 Å². The van der Waals surface area contributed by atoms with Gasteiger partial charge in [0.25, 0.3) is 5.56 Å². The molecule has 1 unspecified atom stereocenters. The van der Waals surface area contributed by atoms with Crippen molar-refractivity contribution in [3.63, 3.8) is 0 Å². The third-order valence-electron chi connectivity index (χ3n) is 4.62. The number of H-pyrrole nitrogens is 2. The number of rotatable bonds is 2. The van der Waals surface area contributed by atoms with Crippen LogP contribution in [0.1, 0.15) is 30.5 Å². The molecule has 6 nitrogen and oxygen atoms in total. The molecule has 0 saturated carbocycles. The number of aryl methyl sites for hydroxylation is 1. The quantitative estimate of drug-likeness (QED) is 0.831. The summed E-state index contributed by atoms with van der Waals surface area (Å²) in [6.45, 7) is 4.94.